The number of amides is 2. The first-order valence-electron chi connectivity index (χ1n) is 7.91. The molecule has 1 aliphatic heterocycles. The monoisotopic (exact) mass is 311 g/mol. The number of carbonyl (C=O) groups is 3. The average molecular weight is 311 g/mol. The molecule has 0 radical (unpaired) electrons. The minimum atomic E-state index is -0.403. The van der Waals surface area contributed by atoms with Gasteiger partial charge in [0.25, 0.3) is 0 Å². The number of fused-ring (bicyclic) bond motifs is 1. The molecule has 2 bridgehead atoms. The predicted molar refractivity (Wildman–Crippen MR) is 82.6 cm³/mol. The fourth-order valence-corrected chi connectivity index (χ4v) is 4.16. The zero-order valence-electron chi connectivity index (χ0n) is 12.8. The predicted octanol–water partition coefficient (Wildman–Crippen LogP) is 2.31. The minimum absolute atomic E-state index is 0.0979. The summed E-state index contributed by atoms with van der Waals surface area (Å²) in [5, 5.41) is 0. The molecular formula is C18H17NO4. The van der Waals surface area contributed by atoms with Crippen LogP contribution < -0.4 is 9.64 Å². The van der Waals surface area contributed by atoms with Gasteiger partial charge in [-0.05, 0) is 48.9 Å². The summed E-state index contributed by atoms with van der Waals surface area (Å²) in [5.41, 5.74) is 0.546. The molecular weight excluding hydrogens is 294 g/mol. The highest BCUT2D eigenvalue weighted by Crippen LogP contribution is 2.50. The van der Waals surface area contributed by atoms with Crippen LogP contribution in [0.5, 0.6) is 5.75 Å². The molecule has 1 heterocycles. The number of allylic oxidation sites excluding steroid dienone is 2. The summed E-state index contributed by atoms with van der Waals surface area (Å²) >= 11 is 0. The van der Waals surface area contributed by atoms with Crippen molar-refractivity contribution in [3.63, 3.8) is 0 Å². The third kappa shape index (κ3) is 2.11. The summed E-state index contributed by atoms with van der Waals surface area (Å²) in [6.45, 7) is 1.33. The van der Waals surface area contributed by atoms with Crippen LogP contribution in [-0.4, -0.2) is 17.8 Å². The lowest BCUT2D eigenvalue weighted by molar-refractivity contribution is -0.132. The van der Waals surface area contributed by atoms with Crippen LogP contribution in [0.3, 0.4) is 0 Å². The number of ether oxygens (including phenoxy) is 1. The lowest BCUT2D eigenvalue weighted by Gasteiger charge is -2.38. The molecule has 2 amide bonds. The van der Waals surface area contributed by atoms with Crippen molar-refractivity contribution in [1.82, 2.24) is 0 Å². The maximum absolute atomic E-state index is 12.8. The maximum atomic E-state index is 12.8. The fourth-order valence-electron chi connectivity index (χ4n) is 4.16. The number of anilines is 1. The Bertz CT molecular complexity index is 689. The van der Waals surface area contributed by atoms with Gasteiger partial charge in [0.05, 0.1) is 17.5 Å². The van der Waals surface area contributed by atoms with Crippen molar-refractivity contribution in [2.24, 2.45) is 23.7 Å². The maximum Gasteiger partial charge on any atom is 0.308 e. The van der Waals surface area contributed by atoms with Gasteiger partial charge in [-0.1, -0.05) is 12.2 Å². The van der Waals surface area contributed by atoms with E-state index in [-0.39, 0.29) is 35.5 Å². The SMILES string of the molecule is CC(=O)Oc1ccc(N2C(=O)C3C(C2=O)[C@H]2C=C[C@@H]3CC2)cc1. The Morgan fingerprint density at radius 3 is 1.96 bits per heavy atom. The second kappa shape index (κ2) is 5.05. The van der Waals surface area contributed by atoms with E-state index in [0.717, 1.165) is 12.8 Å². The Labute approximate surface area is 133 Å². The number of hydrogen-bond acceptors (Lipinski definition) is 4. The molecule has 1 saturated carbocycles. The normalized spacial score (nSPS) is 31.4. The zero-order valence-corrected chi connectivity index (χ0v) is 12.8. The Morgan fingerprint density at radius 1 is 1.00 bits per heavy atom. The van der Waals surface area contributed by atoms with Gasteiger partial charge in [0, 0.05) is 6.92 Å². The van der Waals surface area contributed by atoms with Crippen LogP contribution in [0.1, 0.15) is 19.8 Å². The summed E-state index contributed by atoms with van der Waals surface area (Å²) < 4.78 is 4.99. The Kier molecular flexibility index (Phi) is 3.11. The number of nitrogens with zero attached hydrogens (tertiary/aromatic N) is 1. The number of hydrogen-bond donors (Lipinski definition) is 0. The third-order valence-electron chi connectivity index (χ3n) is 5.12. The molecule has 0 N–H and O–H groups in total. The van der Waals surface area contributed by atoms with E-state index in [1.54, 1.807) is 24.3 Å². The van der Waals surface area contributed by atoms with E-state index >= 15 is 0 Å². The Balaban J connectivity index is 1.64. The molecule has 5 nitrogen and oxygen atoms in total. The van der Waals surface area contributed by atoms with Gasteiger partial charge in [0.1, 0.15) is 5.75 Å². The molecule has 4 aliphatic rings. The second-order valence-corrected chi connectivity index (χ2v) is 6.44. The number of benzene rings is 1. The summed E-state index contributed by atoms with van der Waals surface area (Å²) in [7, 11) is 0. The van der Waals surface area contributed by atoms with Gasteiger partial charge >= 0.3 is 5.97 Å². The molecule has 1 aromatic rings. The first-order chi connectivity index (χ1) is 11.1. The van der Waals surface area contributed by atoms with Gasteiger partial charge in [0.2, 0.25) is 11.8 Å². The van der Waals surface area contributed by atoms with E-state index in [9.17, 15) is 14.4 Å². The highest BCUT2D eigenvalue weighted by molar-refractivity contribution is 6.22. The van der Waals surface area contributed by atoms with Crippen molar-refractivity contribution in [2.75, 3.05) is 4.90 Å². The first kappa shape index (κ1) is 14.2. The molecule has 1 saturated heterocycles. The molecule has 0 spiro atoms. The molecule has 118 valence electrons. The quantitative estimate of drug-likeness (QED) is 0.364. The number of imide groups is 1. The van der Waals surface area contributed by atoms with Crippen molar-refractivity contribution >= 4 is 23.5 Å². The zero-order chi connectivity index (χ0) is 16.1. The number of rotatable bonds is 2. The van der Waals surface area contributed by atoms with Crippen LogP contribution in [0.15, 0.2) is 36.4 Å². The van der Waals surface area contributed by atoms with Gasteiger partial charge < -0.3 is 4.74 Å². The first-order valence-corrected chi connectivity index (χ1v) is 7.91. The molecule has 5 rings (SSSR count). The number of esters is 1. The van der Waals surface area contributed by atoms with Gasteiger partial charge in [-0.2, -0.15) is 0 Å². The standard InChI is InChI=1S/C18H17NO4/c1-10(20)23-14-8-6-13(7-9-14)19-17(21)15-11-2-3-12(5-4-11)16(15)18(19)22/h2-3,6-9,11-12,15-16H,4-5H2,1H3/t11-,12+,15?,16?. The minimum Gasteiger partial charge on any atom is -0.427 e. The Hall–Kier alpha value is -2.43. The largest absolute Gasteiger partial charge is 0.427 e. The van der Waals surface area contributed by atoms with Gasteiger partial charge in [-0.3, -0.25) is 19.3 Å². The van der Waals surface area contributed by atoms with E-state index in [4.69, 9.17) is 4.74 Å². The van der Waals surface area contributed by atoms with E-state index in [1.165, 1.54) is 11.8 Å². The summed E-state index contributed by atoms with van der Waals surface area (Å²) in [6, 6.07) is 6.51. The molecule has 5 heteroatoms. The lowest BCUT2D eigenvalue weighted by Crippen LogP contribution is -2.38. The average Bonchev–Trinajstić information content (AvgIpc) is 2.83. The van der Waals surface area contributed by atoms with Crippen molar-refractivity contribution in [2.45, 2.75) is 19.8 Å². The van der Waals surface area contributed by atoms with Gasteiger partial charge in [-0.25, -0.2) is 0 Å². The summed E-state index contributed by atoms with van der Waals surface area (Å²) in [4.78, 5) is 37.8. The molecule has 23 heavy (non-hydrogen) atoms. The van der Waals surface area contributed by atoms with Crippen LogP contribution in [-0.2, 0) is 14.4 Å². The van der Waals surface area contributed by atoms with Crippen LogP contribution >= 0.6 is 0 Å². The molecule has 3 aliphatic carbocycles. The van der Waals surface area contributed by atoms with Crippen molar-refractivity contribution in [3.8, 4) is 5.75 Å². The molecule has 0 aromatic heterocycles. The fraction of sp³-hybridized carbons (Fsp3) is 0.389. The topological polar surface area (TPSA) is 63.7 Å². The highest BCUT2D eigenvalue weighted by atomic mass is 16.5. The van der Waals surface area contributed by atoms with Crippen molar-refractivity contribution in [1.29, 1.82) is 0 Å². The lowest BCUT2D eigenvalue weighted by atomic mass is 9.63. The molecule has 2 unspecified atom stereocenters. The van der Waals surface area contributed by atoms with E-state index in [1.807, 2.05) is 0 Å². The highest BCUT2D eigenvalue weighted by Gasteiger charge is 2.56. The Morgan fingerprint density at radius 2 is 1.52 bits per heavy atom. The smallest absolute Gasteiger partial charge is 0.308 e. The van der Waals surface area contributed by atoms with E-state index < -0.39 is 5.97 Å². The summed E-state index contributed by atoms with van der Waals surface area (Å²) in [5.74, 6) is -0.241. The molecule has 1 aromatic carbocycles. The third-order valence-corrected chi connectivity index (χ3v) is 5.12. The van der Waals surface area contributed by atoms with Crippen LogP contribution in [0.2, 0.25) is 0 Å². The van der Waals surface area contributed by atoms with E-state index in [0.29, 0.717) is 11.4 Å². The van der Waals surface area contributed by atoms with Crippen LogP contribution in [0.4, 0.5) is 5.69 Å². The second-order valence-electron chi connectivity index (χ2n) is 6.44. The van der Waals surface area contributed by atoms with Gasteiger partial charge in [-0.15, -0.1) is 0 Å². The molecule has 2 fully saturated rings. The number of carbonyl (C=O) groups excluding carboxylic acids is 3. The van der Waals surface area contributed by atoms with Crippen molar-refractivity contribution in [3.05, 3.63) is 36.4 Å². The van der Waals surface area contributed by atoms with E-state index in [2.05, 4.69) is 12.2 Å². The summed E-state index contributed by atoms with van der Waals surface area (Å²) in [6.07, 6.45) is 6.18. The van der Waals surface area contributed by atoms with Gasteiger partial charge in [0.15, 0.2) is 0 Å². The molecule has 4 atom stereocenters. The van der Waals surface area contributed by atoms with Crippen molar-refractivity contribution < 1.29 is 19.1 Å². The van der Waals surface area contributed by atoms with Crippen LogP contribution in [0.25, 0.3) is 0 Å². The van der Waals surface area contributed by atoms with Crippen LogP contribution in [0, 0.1) is 23.7 Å².